The summed E-state index contributed by atoms with van der Waals surface area (Å²) in [6.45, 7) is 3.88. The van der Waals surface area contributed by atoms with Crippen LogP contribution in [0.5, 0.6) is 0 Å². The number of thioether (sulfide) groups is 1. The maximum Gasteiger partial charge on any atom is 0.356 e. The molecule has 1 fully saturated rings. The van der Waals surface area contributed by atoms with Gasteiger partial charge in [0.05, 0.1) is 25.9 Å². The molecule has 0 radical (unpaired) electrons. The number of halogens is 1. The van der Waals surface area contributed by atoms with Crippen molar-refractivity contribution in [1.82, 2.24) is 4.98 Å². The van der Waals surface area contributed by atoms with Crippen LogP contribution in [0.3, 0.4) is 0 Å². The number of fused-ring (bicyclic) bond motifs is 1. The molecule has 1 aromatic carbocycles. The third kappa shape index (κ3) is 3.86. The van der Waals surface area contributed by atoms with Crippen LogP contribution in [0.1, 0.15) is 17.4 Å². The third-order valence-electron chi connectivity index (χ3n) is 4.54. The second kappa shape index (κ2) is 7.80. The number of carbonyl (C=O) groups is 2. The Morgan fingerprint density at radius 1 is 1.36 bits per heavy atom. The number of carbonyl (C=O) groups excluding carboxylic acids is 2. The van der Waals surface area contributed by atoms with Gasteiger partial charge >= 0.3 is 5.97 Å². The van der Waals surface area contributed by atoms with E-state index in [9.17, 15) is 9.59 Å². The normalized spacial score (nSPS) is 16.6. The standard InChI is InChI=1S/C17H20BrN3O3S/c1-10(21-5-7-25-8-6-21)16(22)20-14-12-9-11(18)3-4-13(12)19-15(14)17(23)24-2/h3-4,9-10,19H,5-8H2,1-2H3,(H,20,22)/p+1/t10-/m0/s1. The highest BCUT2D eigenvalue weighted by Gasteiger charge is 2.29. The highest BCUT2D eigenvalue weighted by Crippen LogP contribution is 2.30. The molecular weight excluding hydrogens is 406 g/mol. The minimum absolute atomic E-state index is 0.0899. The maximum absolute atomic E-state index is 12.8. The van der Waals surface area contributed by atoms with Gasteiger partial charge in [-0.05, 0) is 25.1 Å². The van der Waals surface area contributed by atoms with E-state index in [1.807, 2.05) is 36.9 Å². The predicted molar refractivity (Wildman–Crippen MR) is 103 cm³/mol. The number of ether oxygens (including phenoxy) is 1. The molecule has 1 aromatic heterocycles. The van der Waals surface area contributed by atoms with Crippen LogP contribution >= 0.6 is 27.7 Å². The molecule has 134 valence electrons. The van der Waals surface area contributed by atoms with Crippen molar-refractivity contribution in [2.75, 3.05) is 37.0 Å². The van der Waals surface area contributed by atoms with Gasteiger partial charge in [-0.1, -0.05) is 15.9 Å². The SMILES string of the molecule is COC(=O)c1[nH]c2ccc(Br)cc2c1NC(=O)[C@H](C)[NH+]1CCSCC1. The van der Waals surface area contributed by atoms with Gasteiger partial charge in [-0.3, -0.25) is 4.79 Å². The number of hydrogen-bond acceptors (Lipinski definition) is 4. The van der Waals surface area contributed by atoms with Gasteiger partial charge in [-0.25, -0.2) is 4.79 Å². The van der Waals surface area contributed by atoms with Crippen LogP contribution in [-0.4, -0.2) is 54.6 Å². The minimum atomic E-state index is -0.503. The van der Waals surface area contributed by atoms with Crippen LogP contribution < -0.4 is 10.2 Å². The smallest absolute Gasteiger partial charge is 0.356 e. The molecular formula is C17H21BrN3O3S+. The van der Waals surface area contributed by atoms with Crippen molar-refractivity contribution in [2.24, 2.45) is 0 Å². The molecule has 1 amide bonds. The summed E-state index contributed by atoms with van der Waals surface area (Å²) in [5.74, 6) is 1.55. The van der Waals surface area contributed by atoms with Crippen molar-refractivity contribution in [2.45, 2.75) is 13.0 Å². The quantitative estimate of drug-likeness (QED) is 0.650. The van der Waals surface area contributed by atoms with Gasteiger partial charge < -0.3 is 19.9 Å². The summed E-state index contributed by atoms with van der Waals surface area (Å²) in [7, 11) is 1.33. The van der Waals surface area contributed by atoms with Crippen molar-refractivity contribution in [3.63, 3.8) is 0 Å². The zero-order chi connectivity index (χ0) is 18.0. The van der Waals surface area contributed by atoms with Crippen molar-refractivity contribution < 1.29 is 19.2 Å². The van der Waals surface area contributed by atoms with Gasteiger partial charge in [0.1, 0.15) is 5.69 Å². The van der Waals surface area contributed by atoms with Crippen molar-refractivity contribution >= 4 is 56.2 Å². The average molecular weight is 427 g/mol. The van der Waals surface area contributed by atoms with Crippen molar-refractivity contribution in [3.8, 4) is 0 Å². The molecule has 0 saturated carbocycles. The molecule has 0 bridgehead atoms. The van der Waals surface area contributed by atoms with E-state index in [2.05, 4.69) is 26.2 Å². The molecule has 2 aromatic rings. The van der Waals surface area contributed by atoms with Gasteiger partial charge in [0.2, 0.25) is 0 Å². The molecule has 1 aliphatic heterocycles. The maximum atomic E-state index is 12.8. The first kappa shape index (κ1) is 18.3. The summed E-state index contributed by atoms with van der Waals surface area (Å²) in [4.78, 5) is 29.2. The van der Waals surface area contributed by atoms with Crippen LogP contribution in [-0.2, 0) is 9.53 Å². The van der Waals surface area contributed by atoms with E-state index in [4.69, 9.17) is 4.74 Å². The Kier molecular flexibility index (Phi) is 5.71. The Morgan fingerprint density at radius 2 is 2.08 bits per heavy atom. The first-order valence-electron chi connectivity index (χ1n) is 8.14. The minimum Gasteiger partial charge on any atom is -0.464 e. The van der Waals surface area contributed by atoms with Crippen LogP contribution in [0, 0.1) is 0 Å². The number of esters is 1. The first-order valence-corrected chi connectivity index (χ1v) is 10.1. The zero-order valence-electron chi connectivity index (χ0n) is 14.1. The van der Waals surface area contributed by atoms with Gasteiger partial charge in [0, 0.05) is 26.9 Å². The van der Waals surface area contributed by atoms with Gasteiger partial charge in [0.25, 0.3) is 5.91 Å². The molecule has 1 saturated heterocycles. The first-order chi connectivity index (χ1) is 12.0. The number of H-pyrrole nitrogens is 1. The topological polar surface area (TPSA) is 75.6 Å². The van der Waals surface area contributed by atoms with Crippen LogP contribution in [0.15, 0.2) is 22.7 Å². The number of amides is 1. The summed E-state index contributed by atoms with van der Waals surface area (Å²) < 4.78 is 5.73. The van der Waals surface area contributed by atoms with Crippen LogP contribution in [0.25, 0.3) is 10.9 Å². The number of benzene rings is 1. The highest BCUT2D eigenvalue weighted by atomic mass is 79.9. The molecule has 1 aliphatic rings. The number of hydrogen-bond donors (Lipinski definition) is 3. The number of rotatable bonds is 4. The second-order valence-corrected chi connectivity index (χ2v) is 8.18. The summed E-state index contributed by atoms with van der Waals surface area (Å²) in [6.07, 6.45) is 0. The van der Waals surface area contributed by atoms with E-state index >= 15 is 0 Å². The largest absolute Gasteiger partial charge is 0.464 e. The number of quaternary nitrogens is 1. The molecule has 0 spiro atoms. The average Bonchev–Trinajstić information content (AvgIpc) is 2.98. The lowest BCUT2D eigenvalue weighted by Crippen LogP contribution is -3.18. The summed E-state index contributed by atoms with van der Waals surface area (Å²) in [6, 6.07) is 5.44. The van der Waals surface area contributed by atoms with E-state index in [-0.39, 0.29) is 17.6 Å². The zero-order valence-corrected chi connectivity index (χ0v) is 16.6. The number of aromatic nitrogens is 1. The lowest BCUT2D eigenvalue weighted by molar-refractivity contribution is -0.910. The fraction of sp³-hybridized carbons (Fsp3) is 0.412. The molecule has 3 rings (SSSR count). The Bertz CT molecular complexity index is 802. The lowest BCUT2D eigenvalue weighted by Gasteiger charge is -2.28. The van der Waals surface area contributed by atoms with E-state index in [0.29, 0.717) is 5.69 Å². The number of aromatic amines is 1. The van der Waals surface area contributed by atoms with Gasteiger partial charge in [0.15, 0.2) is 6.04 Å². The predicted octanol–water partition coefficient (Wildman–Crippen LogP) is 1.68. The monoisotopic (exact) mass is 426 g/mol. The molecule has 0 aliphatic carbocycles. The fourth-order valence-corrected chi connectivity index (χ4v) is 4.41. The summed E-state index contributed by atoms with van der Waals surface area (Å²) in [5.41, 5.74) is 1.51. The summed E-state index contributed by atoms with van der Waals surface area (Å²) in [5, 5.41) is 3.73. The highest BCUT2D eigenvalue weighted by molar-refractivity contribution is 9.10. The molecule has 3 N–H and O–H groups in total. The summed E-state index contributed by atoms with van der Waals surface area (Å²) >= 11 is 5.36. The fourth-order valence-electron chi connectivity index (χ4n) is 3.03. The van der Waals surface area contributed by atoms with Gasteiger partial charge in [-0.2, -0.15) is 11.8 Å². The van der Waals surface area contributed by atoms with Crippen molar-refractivity contribution in [3.05, 3.63) is 28.4 Å². The Hall–Kier alpha value is -1.51. The lowest BCUT2D eigenvalue weighted by atomic mass is 10.2. The number of anilines is 1. The Labute approximate surface area is 158 Å². The third-order valence-corrected chi connectivity index (χ3v) is 6.02. The molecule has 2 heterocycles. The molecule has 1 atom stereocenters. The Balaban J connectivity index is 1.91. The van der Waals surface area contributed by atoms with Crippen molar-refractivity contribution in [1.29, 1.82) is 0 Å². The number of methoxy groups -OCH3 is 1. The van der Waals surface area contributed by atoms with E-state index in [0.717, 1.165) is 40.0 Å². The van der Waals surface area contributed by atoms with E-state index < -0.39 is 5.97 Å². The molecule has 25 heavy (non-hydrogen) atoms. The Morgan fingerprint density at radius 3 is 2.76 bits per heavy atom. The second-order valence-electron chi connectivity index (χ2n) is 6.04. The molecule has 6 nitrogen and oxygen atoms in total. The molecule has 0 unspecified atom stereocenters. The molecule has 8 heteroatoms. The van der Waals surface area contributed by atoms with Crippen LogP contribution in [0.2, 0.25) is 0 Å². The van der Waals surface area contributed by atoms with Gasteiger partial charge in [-0.15, -0.1) is 0 Å². The van der Waals surface area contributed by atoms with E-state index in [1.165, 1.54) is 12.0 Å². The van der Waals surface area contributed by atoms with Crippen LogP contribution in [0.4, 0.5) is 5.69 Å². The van der Waals surface area contributed by atoms with E-state index in [1.54, 1.807) is 0 Å². The number of nitrogens with one attached hydrogen (secondary N) is 3.